The lowest BCUT2D eigenvalue weighted by molar-refractivity contribution is -0.151. The van der Waals surface area contributed by atoms with Gasteiger partial charge >= 0.3 is 5.97 Å². The molecule has 0 aromatic carbocycles. The molecule has 21 heavy (non-hydrogen) atoms. The van der Waals surface area contributed by atoms with Crippen LogP contribution in [0.25, 0.3) is 0 Å². The van der Waals surface area contributed by atoms with E-state index in [9.17, 15) is 4.79 Å². The minimum absolute atomic E-state index is 0.0662. The third-order valence-electron chi connectivity index (χ3n) is 5.04. The highest BCUT2D eigenvalue weighted by Crippen LogP contribution is 2.39. The van der Waals surface area contributed by atoms with Gasteiger partial charge in [0.1, 0.15) is 5.54 Å². The molecule has 2 atom stereocenters. The highest BCUT2D eigenvalue weighted by Gasteiger charge is 2.49. The molecular weight excluding hydrogens is 264 g/mol. The molecule has 0 aromatic rings. The summed E-state index contributed by atoms with van der Waals surface area (Å²) in [5, 5.41) is 3.54. The summed E-state index contributed by atoms with van der Waals surface area (Å²) in [6, 6.07) is 0.300. The standard InChI is InChI=1S/C17H32N2O2/c1-13(2)18-17(16(20)21-4)10-5-6-15(17)9-11-19(3)12-14-7-8-14/h13-15,18H,5-12H2,1-4H3. The molecule has 0 spiro atoms. The molecule has 1 N–H and O–H groups in total. The largest absolute Gasteiger partial charge is 0.468 e. The van der Waals surface area contributed by atoms with Crippen LogP contribution in [0, 0.1) is 11.8 Å². The predicted octanol–water partition coefficient (Wildman–Crippen LogP) is 2.43. The van der Waals surface area contributed by atoms with E-state index in [0.717, 1.165) is 38.1 Å². The lowest BCUT2D eigenvalue weighted by Gasteiger charge is -2.36. The van der Waals surface area contributed by atoms with Crippen LogP contribution in [0.15, 0.2) is 0 Å². The van der Waals surface area contributed by atoms with Crippen LogP contribution in [-0.2, 0) is 9.53 Å². The maximum absolute atomic E-state index is 12.4. The highest BCUT2D eigenvalue weighted by atomic mass is 16.5. The molecule has 4 nitrogen and oxygen atoms in total. The van der Waals surface area contributed by atoms with Crippen LogP contribution in [0.5, 0.6) is 0 Å². The molecule has 0 radical (unpaired) electrons. The van der Waals surface area contributed by atoms with Gasteiger partial charge in [-0.3, -0.25) is 10.1 Å². The summed E-state index contributed by atoms with van der Waals surface area (Å²) < 4.78 is 5.13. The summed E-state index contributed by atoms with van der Waals surface area (Å²) in [4.78, 5) is 14.9. The van der Waals surface area contributed by atoms with Gasteiger partial charge in [0.2, 0.25) is 0 Å². The number of methoxy groups -OCH3 is 1. The van der Waals surface area contributed by atoms with Gasteiger partial charge in [-0.25, -0.2) is 0 Å². The van der Waals surface area contributed by atoms with Gasteiger partial charge in [0, 0.05) is 12.6 Å². The van der Waals surface area contributed by atoms with Crippen molar-refractivity contribution >= 4 is 5.97 Å². The summed E-state index contributed by atoms with van der Waals surface area (Å²) in [6.45, 7) is 6.52. The topological polar surface area (TPSA) is 41.6 Å². The Labute approximate surface area is 129 Å². The van der Waals surface area contributed by atoms with Crippen molar-refractivity contribution < 1.29 is 9.53 Å². The summed E-state index contributed by atoms with van der Waals surface area (Å²) in [7, 11) is 3.73. The lowest BCUT2D eigenvalue weighted by atomic mass is 9.83. The van der Waals surface area contributed by atoms with Crippen molar-refractivity contribution in [3.05, 3.63) is 0 Å². The van der Waals surface area contributed by atoms with E-state index in [1.165, 1.54) is 26.5 Å². The molecule has 2 rings (SSSR count). The monoisotopic (exact) mass is 296 g/mol. The Morgan fingerprint density at radius 3 is 2.67 bits per heavy atom. The average Bonchev–Trinajstić information content (AvgIpc) is 3.15. The number of ether oxygens (including phenoxy) is 1. The zero-order valence-electron chi connectivity index (χ0n) is 14.2. The number of hydrogen-bond donors (Lipinski definition) is 1. The van der Waals surface area contributed by atoms with Crippen LogP contribution in [0.3, 0.4) is 0 Å². The smallest absolute Gasteiger partial charge is 0.326 e. The number of carbonyl (C=O) groups is 1. The van der Waals surface area contributed by atoms with Gasteiger partial charge in [0.25, 0.3) is 0 Å². The molecule has 0 aliphatic heterocycles. The molecule has 0 saturated heterocycles. The SMILES string of the molecule is COC(=O)C1(NC(C)C)CCCC1CCN(C)CC1CC1. The first-order valence-corrected chi connectivity index (χ1v) is 8.52. The Morgan fingerprint density at radius 2 is 2.10 bits per heavy atom. The molecule has 2 aliphatic carbocycles. The predicted molar refractivity (Wildman–Crippen MR) is 85.2 cm³/mol. The molecule has 0 bridgehead atoms. The number of hydrogen-bond acceptors (Lipinski definition) is 4. The van der Waals surface area contributed by atoms with Crippen molar-refractivity contribution in [3.63, 3.8) is 0 Å². The van der Waals surface area contributed by atoms with Crippen LogP contribution in [0.4, 0.5) is 0 Å². The second-order valence-corrected chi connectivity index (χ2v) is 7.35. The normalized spacial score (nSPS) is 29.3. The van der Waals surface area contributed by atoms with Crippen LogP contribution in [0.1, 0.15) is 52.4 Å². The molecule has 122 valence electrons. The molecule has 2 unspecified atom stereocenters. The van der Waals surface area contributed by atoms with Crippen molar-refractivity contribution in [1.29, 1.82) is 0 Å². The van der Waals surface area contributed by atoms with E-state index >= 15 is 0 Å². The van der Waals surface area contributed by atoms with E-state index in [0.29, 0.717) is 12.0 Å². The molecule has 2 aliphatic rings. The van der Waals surface area contributed by atoms with Crippen molar-refractivity contribution in [2.24, 2.45) is 11.8 Å². The first-order valence-electron chi connectivity index (χ1n) is 8.52. The fourth-order valence-electron chi connectivity index (χ4n) is 3.89. The Morgan fingerprint density at radius 1 is 1.38 bits per heavy atom. The number of nitrogens with one attached hydrogen (secondary N) is 1. The van der Waals surface area contributed by atoms with Crippen LogP contribution in [0.2, 0.25) is 0 Å². The summed E-state index contributed by atoms with van der Waals surface area (Å²) in [5.41, 5.74) is -0.455. The number of nitrogens with zero attached hydrogens (tertiary/aromatic N) is 1. The summed E-state index contributed by atoms with van der Waals surface area (Å²) >= 11 is 0. The van der Waals surface area contributed by atoms with Gasteiger partial charge in [-0.15, -0.1) is 0 Å². The van der Waals surface area contributed by atoms with E-state index in [1.54, 1.807) is 0 Å². The number of esters is 1. The molecule has 0 amide bonds. The zero-order chi connectivity index (χ0) is 15.5. The Hall–Kier alpha value is -0.610. The van der Waals surface area contributed by atoms with Crippen LogP contribution >= 0.6 is 0 Å². The van der Waals surface area contributed by atoms with Gasteiger partial charge in [-0.05, 0) is 71.4 Å². The minimum Gasteiger partial charge on any atom is -0.468 e. The Bertz CT molecular complexity index is 355. The maximum atomic E-state index is 12.4. The van der Waals surface area contributed by atoms with Crippen LogP contribution in [-0.4, -0.2) is 49.7 Å². The van der Waals surface area contributed by atoms with Gasteiger partial charge in [0.15, 0.2) is 0 Å². The number of carbonyl (C=O) groups excluding carboxylic acids is 1. The first kappa shape index (κ1) is 16.8. The fourth-order valence-corrected chi connectivity index (χ4v) is 3.89. The zero-order valence-corrected chi connectivity index (χ0v) is 14.2. The Balaban J connectivity index is 1.95. The van der Waals surface area contributed by atoms with Crippen LogP contribution < -0.4 is 5.32 Å². The van der Waals surface area contributed by atoms with Crippen molar-refractivity contribution in [3.8, 4) is 0 Å². The van der Waals surface area contributed by atoms with Gasteiger partial charge in [-0.1, -0.05) is 6.42 Å². The third-order valence-corrected chi connectivity index (χ3v) is 5.04. The van der Waals surface area contributed by atoms with Crippen molar-refractivity contribution in [2.45, 2.75) is 64.0 Å². The van der Waals surface area contributed by atoms with E-state index in [2.05, 4.69) is 31.1 Å². The van der Waals surface area contributed by atoms with Gasteiger partial charge < -0.3 is 9.64 Å². The maximum Gasteiger partial charge on any atom is 0.326 e. The molecule has 0 heterocycles. The fraction of sp³-hybridized carbons (Fsp3) is 0.941. The summed E-state index contributed by atoms with van der Waals surface area (Å²) in [6.07, 6.45) is 7.04. The second-order valence-electron chi connectivity index (χ2n) is 7.35. The average molecular weight is 296 g/mol. The second kappa shape index (κ2) is 7.10. The van der Waals surface area contributed by atoms with E-state index in [-0.39, 0.29) is 5.97 Å². The Kier molecular flexibility index (Phi) is 5.67. The lowest BCUT2D eigenvalue weighted by Crippen LogP contribution is -2.58. The van der Waals surface area contributed by atoms with Gasteiger partial charge in [0.05, 0.1) is 7.11 Å². The molecule has 2 fully saturated rings. The number of rotatable bonds is 8. The highest BCUT2D eigenvalue weighted by molar-refractivity contribution is 5.81. The van der Waals surface area contributed by atoms with E-state index in [4.69, 9.17) is 4.74 Å². The molecular formula is C17H32N2O2. The van der Waals surface area contributed by atoms with Gasteiger partial charge in [-0.2, -0.15) is 0 Å². The molecule has 0 aromatic heterocycles. The molecule has 2 saturated carbocycles. The minimum atomic E-state index is -0.455. The van der Waals surface area contributed by atoms with Crippen molar-refractivity contribution in [1.82, 2.24) is 10.2 Å². The summed E-state index contributed by atoms with van der Waals surface area (Å²) in [5.74, 6) is 1.26. The molecule has 4 heteroatoms. The van der Waals surface area contributed by atoms with E-state index < -0.39 is 5.54 Å². The van der Waals surface area contributed by atoms with E-state index in [1.807, 2.05) is 0 Å². The van der Waals surface area contributed by atoms with Crippen molar-refractivity contribution in [2.75, 3.05) is 27.2 Å². The third kappa shape index (κ3) is 4.19. The first-order chi connectivity index (χ1) is 9.98. The quantitative estimate of drug-likeness (QED) is 0.699.